The summed E-state index contributed by atoms with van der Waals surface area (Å²) in [4.78, 5) is 10.5. The number of halogens is 2. The van der Waals surface area contributed by atoms with Gasteiger partial charge in [0.2, 0.25) is 0 Å². The molecule has 18 heavy (non-hydrogen) atoms. The van der Waals surface area contributed by atoms with Gasteiger partial charge in [0.15, 0.2) is 0 Å². The zero-order chi connectivity index (χ0) is 13.1. The third-order valence-electron chi connectivity index (χ3n) is 2.53. The average Bonchev–Trinajstić information content (AvgIpc) is 2.74. The Kier molecular flexibility index (Phi) is 3.36. The number of aromatic amines is 1. The zero-order valence-corrected chi connectivity index (χ0v) is 9.28. The first-order valence-corrected chi connectivity index (χ1v) is 5.27. The Morgan fingerprint density at radius 1 is 1.33 bits per heavy atom. The fraction of sp³-hybridized carbons (Fsp3) is 0.167. The molecule has 0 amide bonds. The van der Waals surface area contributed by atoms with E-state index < -0.39 is 17.6 Å². The number of hydrogen-bond acceptors (Lipinski definition) is 2. The SMILES string of the molecule is O=C(O)CCc1[nH]ncc1-c1ccc(F)cc1F. The summed E-state index contributed by atoms with van der Waals surface area (Å²) < 4.78 is 26.4. The molecule has 0 aliphatic rings. The van der Waals surface area contributed by atoms with Crippen molar-refractivity contribution in [3.8, 4) is 11.1 Å². The molecule has 94 valence electrons. The highest BCUT2D eigenvalue weighted by atomic mass is 19.1. The van der Waals surface area contributed by atoms with Crippen molar-refractivity contribution in [1.29, 1.82) is 0 Å². The minimum Gasteiger partial charge on any atom is -0.481 e. The molecule has 2 rings (SSSR count). The van der Waals surface area contributed by atoms with Crippen LogP contribution in [0.5, 0.6) is 0 Å². The van der Waals surface area contributed by atoms with Crippen LogP contribution < -0.4 is 0 Å². The van der Waals surface area contributed by atoms with Gasteiger partial charge in [-0.2, -0.15) is 5.10 Å². The Balaban J connectivity index is 2.33. The lowest BCUT2D eigenvalue weighted by Crippen LogP contribution is -1.99. The summed E-state index contributed by atoms with van der Waals surface area (Å²) in [5.41, 5.74) is 1.17. The van der Waals surface area contributed by atoms with E-state index in [-0.39, 0.29) is 18.4 Å². The summed E-state index contributed by atoms with van der Waals surface area (Å²) >= 11 is 0. The maximum atomic E-state index is 13.6. The summed E-state index contributed by atoms with van der Waals surface area (Å²) in [5.74, 6) is -2.31. The van der Waals surface area contributed by atoms with E-state index in [1.54, 1.807) is 0 Å². The molecule has 6 heteroatoms. The molecule has 0 atom stereocenters. The minimum absolute atomic E-state index is 0.0853. The summed E-state index contributed by atoms with van der Waals surface area (Å²) in [6, 6.07) is 3.23. The number of nitrogens with one attached hydrogen (secondary N) is 1. The van der Waals surface area contributed by atoms with Crippen LogP contribution in [0.4, 0.5) is 8.78 Å². The van der Waals surface area contributed by atoms with E-state index in [0.29, 0.717) is 11.3 Å². The van der Waals surface area contributed by atoms with Crippen LogP contribution in [-0.2, 0) is 11.2 Å². The van der Waals surface area contributed by atoms with Crippen LogP contribution in [0.1, 0.15) is 12.1 Å². The molecule has 0 saturated heterocycles. The van der Waals surface area contributed by atoms with E-state index in [9.17, 15) is 13.6 Å². The second kappa shape index (κ2) is 4.95. The van der Waals surface area contributed by atoms with Gasteiger partial charge in [-0.05, 0) is 12.1 Å². The van der Waals surface area contributed by atoms with E-state index in [1.807, 2.05) is 0 Å². The summed E-state index contributed by atoms with van der Waals surface area (Å²) in [6.45, 7) is 0. The Morgan fingerprint density at radius 2 is 2.11 bits per heavy atom. The molecule has 0 saturated carbocycles. The molecule has 1 aromatic heterocycles. The lowest BCUT2D eigenvalue weighted by molar-refractivity contribution is -0.136. The van der Waals surface area contributed by atoms with Crippen molar-refractivity contribution >= 4 is 5.97 Å². The normalized spacial score (nSPS) is 10.6. The Bertz CT molecular complexity index is 581. The number of hydrogen-bond donors (Lipinski definition) is 2. The second-order valence-electron chi connectivity index (χ2n) is 3.78. The maximum absolute atomic E-state index is 13.6. The number of carboxylic acid groups (broad SMARTS) is 1. The molecular formula is C12H10F2N2O2. The Morgan fingerprint density at radius 3 is 2.78 bits per heavy atom. The van der Waals surface area contributed by atoms with Crippen molar-refractivity contribution < 1.29 is 18.7 Å². The number of H-pyrrole nitrogens is 1. The van der Waals surface area contributed by atoms with Gasteiger partial charge in [-0.1, -0.05) is 0 Å². The van der Waals surface area contributed by atoms with Crippen LogP contribution in [0.2, 0.25) is 0 Å². The first-order chi connectivity index (χ1) is 8.58. The first-order valence-electron chi connectivity index (χ1n) is 5.27. The highest BCUT2D eigenvalue weighted by molar-refractivity contribution is 5.69. The number of aliphatic carboxylic acids is 1. The molecule has 4 nitrogen and oxygen atoms in total. The predicted molar refractivity (Wildman–Crippen MR) is 59.9 cm³/mol. The standard InChI is InChI=1S/C12H10F2N2O2/c13-7-1-2-8(10(14)5-7)9-6-15-16-11(9)3-4-12(17)18/h1-2,5-6H,3-4H2,(H,15,16)(H,17,18). The number of benzene rings is 1. The number of aromatic nitrogens is 2. The van der Waals surface area contributed by atoms with Crippen LogP contribution in [-0.4, -0.2) is 21.3 Å². The van der Waals surface area contributed by atoms with Crippen molar-refractivity contribution in [3.63, 3.8) is 0 Å². The smallest absolute Gasteiger partial charge is 0.303 e. The number of carbonyl (C=O) groups is 1. The lowest BCUT2D eigenvalue weighted by atomic mass is 10.0. The molecule has 0 unspecified atom stereocenters. The predicted octanol–water partition coefficient (Wildman–Crippen LogP) is 2.37. The molecule has 2 aromatic rings. The average molecular weight is 252 g/mol. The van der Waals surface area contributed by atoms with E-state index in [1.165, 1.54) is 12.3 Å². The van der Waals surface area contributed by atoms with Crippen molar-refractivity contribution in [2.75, 3.05) is 0 Å². The molecule has 2 N–H and O–H groups in total. The van der Waals surface area contributed by atoms with Gasteiger partial charge in [-0.25, -0.2) is 8.78 Å². The van der Waals surface area contributed by atoms with Crippen LogP contribution in [0, 0.1) is 11.6 Å². The molecular weight excluding hydrogens is 242 g/mol. The molecule has 1 heterocycles. The van der Waals surface area contributed by atoms with Gasteiger partial charge in [-0.3, -0.25) is 9.89 Å². The van der Waals surface area contributed by atoms with Gasteiger partial charge in [0.25, 0.3) is 0 Å². The van der Waals surface area contributed by atoms with Crippen molar-refractivity contribution in [2.24, 2.45) is 0 Å². The molecule has 0 bridgehead atoms. The van der Waals surface area contributed by atoms with Gasteiger partial charge < -0.3 is 5.11 Å². The number of carboxylic acids is 1. The highest BCUT2D eigenvalue weighted by Crippen LogP contribution is 2.26. The van der Waals surface area contributed by atoms with Crippen molar-refractivity contribution in [3.05, 3.63) is 41.7 Å². The Labute approximate surface area is 101 Å². The van der Waals surface area contributed by atoms with E-state index in [4.69, 9.17) is 5.11 Å². The maximum Gasteiger partial charge on any atom is 0.303 e. The third kappa shape index (κ3) is 2.53. The molecule has 0 fully saturated rings. The second-order valence-corrected chi connectivity index (χ2v) is 3.78. The number of aryl methyl sites for hydroxylation is 1. The number of nitrogens with zero attached hydrogens (tertiary/aromatic N) is 1. The van der Waals surface area contributed by atoms with Crippen LogP contribution in [0.15, 0.2) is 24.4 Å². The van der Waals surface area contributed by atoms with Gasteiger partial charge in [0.1, 0.15) is 11.6 Å². The monoisotopic (exact) mass is 252 g/mol. The highest BCUT2D eigenvalue weighted by Gasteiger charge is 2.13. The van der Waals surface area contributed by atoms with Gasteiger partial charge >= 0.3 is 5.97 Å². The summed E-state index contributed by atoms with van der Waals surface area (Å²) in [7, 11) is 0. The van der Waals surface area contributed by atoms with Gasteiger partial charge in [0, 0.05) is 29.3 Å². The topological polar surface area (TPSA) is 66.0 Å². The first kappa shape index (κ1) is 12.2. The van der Waals surface area contributed by atoms with Crippen molar-refractivity contribution in [1.82, 2.24) is 10.2 Å². The Hall–Kier alpha value is -2.24. The quantitative estimate of drug-likeness (QED) is 0.877. The van der Waals surface area contributed by atoms with E-state index in [2.05, 4.69) is 10.2 Å². The summed E-state index contributed by atoms with van der Waals surface area (Å²) in [5, 5.41) is 15.0. The van der Waals surface area contributed by atoms with Gasteiger partial charge in [-0.15, -0.1) is 0 Å². The molecule has 1 aromatic carbocycles. The fourth-order valence-electron chi connectivity index (χ4n) is 1.68. The molecule has 0 spiro atoms. The minimum atomic E-state index is -0.949. The lowest BCUT2D eigenvalue weighted by Gasteiger charge is -2.03. The van der Waals surface area contributed by atoms with E-state index in [0.717, 1.165) is 12.1 Å². The van der Waals surface area contributed by atoms with E-state index >= 15 is 0 Å². The van der Waals surface area contributed by atoms with Crippen molar-refractivity contribution in [2.45, 2.75) is 12.8 Å². The van der Waals surface area contributed by atoms with Crippen LogP contribution in [0.3, 0.4) is 0 Å². The zero-order valence-electron chi connectivity index (χ0n) is 9.28. The number of rotatable bonds is 4. The molecule has 0 aliphatic heterocycles. The third-order valence-corrected chi connectivity index (χ3v) is 2.53. The molecule has 0 radical (unpaired) electrons. The molecule has 0 aliphatic carbocycles. The summed E-state index contributed by atoms with van der Waals surface area (Å²) in [6.07, 6.45) is 1.52. The largest absolute Gasteiger partial charge is 0.481 e. The van der Waals surface area contributed by atoms with Crippen LogP contribution >= 0.6 is 0 Å². The van der Waals surface area contributed by atoms with Gasteiger partial charge in [0.05, 0.1) is 12.6 Å². The fourth-order valence-corrected chi connectivity index (χ4v) is 1.68. The van der Waals surface area contributed by atoms with Crippen LogP contribution in [0.25, 0.3) is 11.1 Å².